The molecule has 2 aromatic heterocycles. The molecule has 1 atom stereocenters. The van der Waals surface area contributed by atoms with E-state index in [1.54, 1.807) is 7.11 Å². The van der Waals surface area contributed by atoms with Crippen molar-refractivity contribution in [3.63, 3.8) is 0 Å². The maximum absolute atomic E-state index is 12.9. The minimum atomic E-state index is -0.254. The van der Waals surface area contributed by atoms with Crippen molar-refractivity contribution < 1.29 is 19.1 Å². The molecule has 0 radical (unpaired) electrons. The van der Waals surface area contributed by atoms with Crippen LogP contribution in [0.15, 0.2) is 6.07 Å². The SMILES string of the molecule is COCCNC(=O)c1nnc2n1CCC1(CC2)CCN(C(=O)c2cc(C(C)=O)n[nH]2)C1. The predicted molar refractivity (Wildman–Crippen MR) is 109 cm³/mol. The highest BCUT2D eigenvalue weighted by Gasteiger charge is 2.42. The molecular formula is C20H27N7O4. The molecule has 1 spiro atoms. The van der Waals surface area contributed by atoms with Crippen LogP contribution >= 0.6 is 0 Å². The largest absolute Gasteiger partial charge is 0.383 e. The number of fused-ring (bicyclic) bond motifs is 1. The number of ketones is 1. The van der Waals surface area contributed by atoms with E-state index in [1.807, 2.05) is 9.47 Å². The van der Waals surface area contributed by atoms with Gasteiger partial charge in [-0.05, 0) is 30.7 Å². The van der Waals surface area contributed by atoms with Gasteiger partial charge in [0.25, 0.3) is 11.8 Å². The first-order valence-corrected chi connectivity index (χ1v) is 10.5. The number of nitrogens with one attached hydrogen (secondary N) is 2. The number of ether oxygens (including phenoxy) is 1. The molecule has 0 saturated carbocycles. The monoisotopic (exact) mass is 429 g/mol. The topological polar surface area (TPSA) is 135 Å². The standard InChI is InChI=1S/C20H27N7O4/c1-13(28)14-11-15(23-22-14)19(30)26-8-5-20(12-26)4-3-16-24-25-17(27(16)9-6-20)18(29)21-7-10-31-2/h11H,3-10,12H2,1-2H3,(H,21,29)(H,22,23). The third-order valence-corrected chi connectivity index (χ3v) is 6.26. The Balaban J connectivity index is 1.42. The lowest BCUT2D eigenvalue weighted by molar-refractivity contribution is 0.0761. The van der Waals surface area contributed by atoms with Crippen LogP contribution in [0, 0.1) is 5.41 Å². The zero-order valence-electron chi connectivity index (χ0n) is 17.8. The van der Waals surface area contributed by atoms with Crippen molar-refractivity contribution in [2.24, 2.45) is 5.41 Å². The van der Waals surface area contributed by atoms with E-state index < -0.39 is 0 Å². The first-order chi connectivity index (χ1) is 14.9. The highest BCUT2D eigenvalue weighted by atomic mass is 16.5. The van der Waals surface area contributed by atoms with Gasteiger partial charge in [0, 0.05) is 46.6 Å². The summed E-state index contributed by atoms with van der Waals surface area (Å²) in [4.78, 5) is 38.6. The average molecular weight is 429 g/mol. The van der Waals surface area contributed by atoms with Gasteiger partial charge in [-0.3, -0.25) is 19.5 Å². The Morgan fingerprint density at radius 2 is 2.03 bits per heavy atom. The number of carbonyl (C=O) groups is 3. The smallest absolute Gasteiger partial charge is 0.289 e. The molecule has 1 saturated heterocycles. The summed E-state index contributed by atoms with van der Waals surface area (Å²) in [6.07, 6.45) is 3.31. The van der Waals surface area contributed by atoms with Crippen LogP contribution in [0.2, 0.25) is 0 Å². The molecule has 2 aromatic rings. The Morgan fingerprint density at radius 1 is 1.23 bits per heavy atom. The van der Waals surface area contributed by atoms with E-state index in [2.05, 4.69) is 25.7 Å². The van der Waals surface area contributed by atoms with Crippen LogP contribution in [-0.2, 0) is 17.7 Å². The lowest BCUT2D eigenvalue weighted by Gasteiger charge is -2.27. The minimum Gasteiger partial charge on any atom is -0.383 e. The number of nitrogens with zero attached hydrogens (tertiary/aromatic N) is 5. The van der Waals surface area contributed by atoms with Crippen molar-refractivity contribution in [3.8, 4) is 0 Å². The van der Waals surface area contributed by atoms with E-state index in [0.29, 0.717) is 50.7 Å². The molecular weight excluding hydrogens is 402 g/mol. The summed E-state index contributed by atoms with van der Waals surface area (Å²) < 4.78 is 6.87. The van der Waals surface area contributed by atoms with E-state index >= 15 is 0 Å². The average Bonchev–Trinajstić information content (AvgIpc) is 3.47. The number of likely N-dealkylation sites (tertiary alicyclic amines) is 1. The van der Waals surface area contributed by atoms with Crippen molar-refractivity contribution >= 4 is 17.6 Å². The number of carbonyl (C=O) groups excluding carboxylic acids is 3. The molecule has 2 N–H and O–H groups in total. The highest BCUT2D eigenvalue weighted by Crippen LogP contribution is 2.41. The second-order valence-electron chi connectivity index (χ2n) is 8.29. The fraction of sp³-hybridized carbons (Fsp3) is 0.600. The van der Waals surface area contributed by atoms with E-state index in [9.17, 15) is 14.4 Å². The zero-order valence-corrected chi connectivity index (χ0v) is 17.8. The van der Waals surface area contributed by atoms with Gasteiger partial charge in [-0.25, -0.2) is 0 Å². The van der Waals surface area contributed by atoms with Crippen LogP contribution in [0.1, 0.15) is 63.6 Å². The number of aromatic amines is 1. The zero-order chi connectivity index (χ0) is 22.0. The molecule has 2 aliphatic heterocycles. The Bertz CT molecular complexity index is 998. The molecule has 1 unspecified atom stereocenters. The highest BCUT2D eigenvalue weighted by molar-refractivity contribution is 5.97. The Morgan fingerprint density at radius 3 is 2.77 bits per heavy atom. The lowest BCUT2D eigenvalue weighted by atomic mass is 9.80. The number of Topliss-reactive ketones (excluding diaryl/α,β-unsaturated/α-hetero) is 1. The minimum absolute atomic E-state index is 0.0242. The van der Waals surface area contributed by atoms with Crippen molar-refractivity contribution in [1.29, 1.82) is 0 Å². The quantitative estimate of drug-likeness (QED) is 0.503. The summed E-state index contributed by atoms with van der Waals surface area (Å²) in [6.45, 7) is 4.19. The van der Waals surface area contributed by atoms with Gasteiger partial charge in [0.1, 0.15) is 17.2 Å². The van der Waals surface area contributed by atoms with E-state index in [-0.39, 0.29) is 28.7 Å². The predicted octanol–water partition coefficient (Wildman–Crippen LogP) is 0.449. The lowest BCUT2D eigenvalue weighted by Crippen LogP contribution is -2.33. The number of hydrogen-bond donors (Lipinski definition) is 2. The maximum atomic E-state index is 12.9. The summed E-state index contributed by atoms with van der Waals surface area (Å²) >= 11 is 0. The van der Waals surface area contributed by atoms with E-state index in [0.717, 1.165) is 25.1 Å². The third kappa shape index (κ3) is 4.22. The molecule has 0 aliphatic carbocycles. The maximum Gasteiger partial charge on any atom is 0.289 e. The molecule has 11 nitrogen and oxygen atoms in total. The second-order valence-corrected chi connectivity index (χ2v) is 8.29. The van der Waals surface area contributed by atoms with Crippen LogP contribution in [0.5, 0.6) is 0 Å². The van der Waals surface area contributed by atoms with Gasteiger partial charge >= 0.3 is 0 Å². The van der Waals surface area contributed by atoms with Gasteiger partial charge in [-0.1, -0.05) is 0 Å². The number of H-pyrrole nitrogens is 1. The first-order valence-electron chi connectivity index (χ1n) is 10.5. The molecule has 4 heterocycles. The molecule has 1 fully saturated rings. The van der Waals surface area contributed by atoms with Crippen molar-refractivity contribution in [1.82, 2.24) is 35.2 Å². The molecule has 2 amide bonds. The Kier molecular flexibility index (Phi) is 5.86. The van der Waals surface area contributed by atoms with Crippen LogP contribution in [0.4, 0.5) is 0 Å². The van der Waals surface area contributed by atoms with E-state index in [4.69, 9.17) is 4.74 Å². The number of amides is 2. The van der Waals surface area contributed by atoms with Crippen molar-refractivity contribution in [3.05, 3.63) is 29.1 Å². The molecule has 4 rings (SSSR count). The molecule has 0 aromatic carbocycles. The first kappa shape index (κ1) is 21.2. The summed E-state index contributed by atoms with van der Waals surface area (Å²) in [6, 6.07) is 1.51. The third-order valence-electron chi connectivity index (χ3n) is 6.26. The normalized spacial score (nSPS) is 20.5. The van der Waals surface area contributed by atoms with E-state index in [1.165, 1.54) is 13.0 Å². The fourth-order valence-corrected chi connectivity index (χ4v) is 4.42. The fourth-order valence-electron chi connectivity index (χ4n) is 4.42. The van der Waals surface area contributed by atoms with Crippen molar-refractivity contribution in [2.45, 2.75) is 39.2 Å². The number of hydrogen-bond acceptors (Lipinski definition) is 7. The molecule has 0 bridgehead atoms. The van der Waals surface area contributed by atoms with Gasteiger partial charge in [0.05, 0.1) is 6.61 Å². The van der Waals surface area contributed by atoms with Gasteiger partial charge in [-0.2, -0.15) is 5.10 Å². The van der Waals surface area contributed by atoms with Crippen LogP contribution < -0.4 is 5.32 Å². The molecule has 31 heavy (non-hydrogen) atoms. The van der Waals surface area contributed by atoms with Gasteiger partial charge in [0.2, 0.25) is 5.82 Å². The summed E-state index contributed by atoms with van der Waals surface area (Å²) in [7, 11) is 1.58. The van der Waals surface area contributed by atoms with Gasteiger partial charge in [0.15, 0.2) is 5.78 Å². The Labute approximate surface area is 179 Å². The number of methoxy groups -OCH3 is 1. The van der Waals surface area contributed by atoms with Crippen LogP contribution in [0.25, 0.3) is 0 Å². The summed E-state index contributed by atoms with van der Waals surface area (Å²) in [5.41, 5.74) is 0.577. The summed E-state index contributed by atoms with van der Waals surface area (Å²) in [5.74, 6) is 0.554. The van der Waals surface area contributed by atoms with Gasteiger partial charge < -0.3 is 19.5 Å². The summed E-state index contributed by atoms with van der Waals surface area (Å²) in [5, 5.41) is 17.7. The Hall–Kier alpha value is -3.08. The molecule has 166 valence electrons. The van der Waals surface area contributed by atoms with Gasteiger partial charge in [-0.15, -0.1) is 10.2 Å². The second kappa shape index (κ2) is 8.58. The van der Waals surface area contributed by atoms with Crippen LogP contribution in [-0.4, -0.2) is 80.8 Å². The van der Waals surface area contributed by atoms with Crippen LogP contribution in [0.3, 0.4) is 0 Å². The molecule has 11 heteroatoms. The molecule has 2 aliphatic rings. The number of aromatic nitrogens is 5. The number of aryl methyl sites for hydroxylation is 1. The number of rotatable bonds is 6. The van der Waals surface area contributed by atoms with Crippen molar-refractivity contribution in [2.75, 3.05) is 33.4 Å².